The van der Waals surface area contributed by atoms with E-state index in [1.807, 2.05) is 11.7 Å². The molecule has 0 aliphatic rings. The number of benzene rings is 1. The predicted molar refractivity (Wildman–Crippen MR) is 71.5 cm³/mol. The maximum atomic E-state index is 4.06. The van der Waals surface area contributed by atoms with Gasteiger partial charge in [-0.3, -0.25) is 4.98 Å². The molecule has 1 aromatic carbocycles. The fraction of sp³-hybridized carbons (Fsp3) is 0.250. The van der Waals surface area contributed by atoms with Crippen LogP contribution in [0, 0.1) is 0 Å². The SMILES string of the molecule is C[C@@H](NCc1cncs1)c1ccc(Br)cc1. The molecule has 0 fully saturated rings. The first-order valence-corrected chi connectivity index (χ1v) is 6.79. The topological polar surface area (TPSA) is 24.9 Å². The molecule has 0 saturated heterocycles. The van der Waals surface area contributed by atoms with Crippen LogP contribution in [-0.2, 0) is 6.54 Å². The molecule has 2 nitrogen and oxygen atoms in total. The van der Waals surface area contributed by atoms with Gasteiger partial charge in [-0.15, -0.1) is 11.3 Å². The lowest BCUT2D eigenvalue weighted by Crippen LogP contribution is -2.17. The van der Waals surface area contributed by atoms with Gasteiger partial charge < -0.3 is 5.32 Å². The monoisotopic (exact) mass is 296 g/mol. The number of nitrogens with one attached hydrogen (secondary N) is 1. The Bertz CT molecular complexity index is 425. The molecule has 0 bridgehead atoms. The highest BCUT2D eigenvalue weighted by molar-refractivity contribution is 9.10. The maximum absolute atomic E-state index is 4.06. The molecule has 2 aromatic rings. The van der Waals surface area contributed by atoms with E-state index in [1.54, 1.807) is 11.3 Å². The molecule has 0 aliphatic carbocycles. The predicted octanol–water partition coefficient (Wildman–Crippen LogP) is 3.76. The van der Waals surface area contributed by atoms with E-state index >= 15 is 0 Å². The second-order valence-corrected chi connectivity index (χ2v) is 5.51. The number of rotatable bonds is 4. The second-order valence-electron chi connectivity index (χ2n) is 3.62. The van der Waals surface area contributed by atoms with Crippen molar-refractivity contribution in [3.05, 3.63) is 50.9 Å². The van der Waals surface area contributed by atoms with Crippen molar-refractivity contribution in [3.63, 3.8) is 0 Å². The van der Waals surface area contributed by atoms with E-state index in [4.69, 9.17) is 0 Å². The van der Waals surface area contributed by atoms with Crippen LogP contribution in [0.4, 0.5) is 0 Å². The highest BCUT2D eigenvalue weighted by Crippen LogP contribution is 2.17. The minimum absolute atomic E-state index is 0.357. The minimum atomic E-state index is 0.357. The second kappa shape index (κ2) is 5.57. The average molecular weight is 297 g/mol. The van der Waals surface area contributed by atoms with Crippen LogP contribution in [0.15, 0.2) is 40.4 Å². The van der Waals surface area contributed by atoms with Crippen molar-refractivity contribution in [2.45, 2.75) is 19.5 Å². The summed E-state index contributed by atoms with van der Waals surface area (Å²) in [5.41, 5.74) is 3.16. The van der Waals surface area contributed by atoms with Crippen molar-refractivity contribution in [1.82, 2.24) is 10.3 Å². The number of aromatic nitrogens is 1. The van der Waals surface area contributed by atoms with Crippen molar-refractivity contribution in [1.29, 1.82) is 0 Å². The van der Waals surface area contributed by atoms with E-state index in [1.165, 1.54) is 10.4 Å². The van der Waals surface area contributed by atoms with Gasteiger partial charge in [0.15, 0.2) is 0 Å². The van der Waals surface area contributed by atoms with Crippen molar-refractivity contribution in [2.75, 3.05) is 0 Å². The smallest absolute Gasteiger partial charge is 0.0794 e. The van der Waals surface area contributed by atoms with Crippen LogP contribution in [0.3, 0.4) is 0 Å². The molecule has 84 valence electrons. The highest BCUT2D eigenvalue weighted by Gasteiger charge is 2.04. The van der Waals surface area contributed by atoms with Gasteiger partial charge in [-0.1, -0.05) is 28.1 Å². The van der Waals surface area contributed by atoms with Crippen LogP contribution in [-0.4, -0.2) is 4.98 Å². The van der Waals surface area contributed by atoms with Crippen molar-refractivity contribution in [2.24, 2.45) is 0 Å². The van der Waals surface area contributed by atoms with Crippen LogP contribution in [0.2, 0.25) is 0 Å². The van der Waals surface area contributed by atoms with E-state index in [2.05, 4.69) is 57.4 Å². The van der Waals surface area contributed by atoms with E-state index in [-0.39, 0.29) is 0 Å². The van der Waals surface area contributed by atoms with Crippen LogP contribution in [0.1, 0.15) is 23.4 Å². The molecular weight excluding hydrogens is 284 g/mol. The zero-order valence-corrected chi connectivity index (χ0v) is 11.4. The summed E-state index contributed by atoms with van der Waals surface area (Å²) in [6.45, 7) is 3.05. The summed E-state index contributed by atoms with van der Waals surface area (Å²) < 4.78 is 1.12. The van der Waals surface area contributed by atoms with E-state index in [0.717, 1.165) is 11.0 Å². The molecule has 16 heavy (non-hydrogen) atoms. The van der Waals surface area contributed by atoms with Gasteiger partial charge in [0.25, 0.3) is 0 Å². The Balaban J connectivity index is 1.93. The molecule has 0 radical (unpaired) electrons. The number of nitrogens with zero attached hydrogens (tertiary/aromatic N) is 1. The first-order chi connectivity index (χ1) is 7.75. The first-order valence-electron chi connectivity index (χ1n) is 5.12. The third-order valence-corrected chi connectivity index (χ3v) is 3.74. The molecule has 1 atom stereocenters. The van der Waals surface area contributed by atoms with Crippen molar-refractivity contribution < 1.29 is 0 Å². The molecule has 1 aromatic heterocycles. The standard InChI is InChI=1S/C12H13BrN2S/c1-9(10-2-4-11(13)5-3-10)15-7-12-6-14-8-16-12/h2-6,8-9,15H,7H2,1H3/t9-/m1/s1. The normalized spacial score (nSPS) is 12.6. The molecule has 0 unspecified atom stereocenters. The summed E-state index contributed by atoms with van der Waals surface area (Å²) in [5.74, 6) is 0. The van der Waals surface area contributed by atoms with Gasteiger partial charge in [0.1, 0.15) is 0 Å². The minimum Gasteiger partial charge on any atom is -0.305 e. The van der Waals surface area contributed by atoms with Crippen LogP contribution < -0.4 is 5.32 Å². The van der Waals surface area contributed by atoms with E-state index in [0.29, 0.717) is 6.04 Å². The van der Waals surface area contributed by atoms with Gasteiger partial charge in [0.2, 0.25) is 0 Å². The molecule has 0 amide bonds. The van der Waals surface area contributed by atoms with E-state index in [9.17, 15) is 0 Å². The Kier molecular flexibility index (Phi) is 4.09. The van der Waals surface area contributed by atoms with Gasteiger partial charge in [-0.2, -0.15) is 0 Å². The largest absolute Gasteiger partial charge is 0.305 e. The first kappa shape index (κ1) is 11.8. The molecule has 0 aliphatic heterocycles. The lowest BCUT2D eigenvalue weighted by atomic mass is 10.1. The molecule has 0 saturated carbocycles. The number of hydrogen-bond donors (Lipinski definition) is 1. The third-order valence-electron chi connectivity index (χ3n) is 2.44. The van der Waals surface area contributed by atoms with Gasteiger partial charge in [0, 0.05) is 28.1 Å². The van der Waals surface area contributed by atoms with Gasteiger partial charge >= 0.3 is 0 Å². The highest BCUT2D eigenvalue weighted by atomic mass is 79.9. The Hall–Kier alpha value is -0.710. The van der Waals surface area contributed by atoms with Crippen LogP contribution >= 0.6 is 27.3 Å². The average Bonchev–Trinajstić information content (AvgIpc) is 2.80. The van der Waals surface area contributed by atoms with Crippen LogP contribution in [0.25, 0.3) is 0 Å². The molecule has 4 heteroatoms. The quantitative estimate of drug-likeness (QED) is 0.929. The summed E-state index contributed by atoms with van der Waals surface area (Å²) in [7, 11) is 0. The number of hydrogen-bond acceptors (Lipinski definition) is 3. The van der Waals surface area contributed by atoms with Crippen LogP contribution in [0.5, 0.6) is 0 Å². The molecule has 1 heterocycles. The third kappa shape index (κ3) is 3.14. The zero-order valence-electron chi connectivity index (χ0n) is 8.98. The lowest BCUT2D eigenvalue weighted by molar-refractivity contribution is 0.578. The van der Waals surface area contributed by atoms with Crippen molar-refractivity contribution in [3.8, 4) is 0 Å². The molecule has 0 spiro atoms. The lowest BCUT2D eigenvalue weighted by Gasteiger charge is -2.13. The fourth-order valence-corrected chi connectivity index (χ4v) is 2.26. The summed E-state index contributed by atoms with van der Waals surface area (Å²) in [5, 5.41) is 3.48. The Labute approximate surface area is 108 Å². The van der Waals surface area contributed by atoms with E-state index < -0.39 is 0 Å². The number of halogens is 1. The fourth-order valence-electron chi connectivity index (χ4n) is 1.45. The van der Waals surface area contributed by atoms with Gasteiger partial charge in [-0.05, 0) is 24.6 Å². The summed E-state index contributed by atoms with van der Waals surface area (Å²) in [6.07, 6.45) is 1.91. The van der Waals surface area contributed by atoms with Gasteiger partial charge in [-0.25, -0.2) is 0 Å². The summed E-state index contributed by atoms with van der Waals surface area (Å²) in [4.78, 5) is 5.32. The number of thiazole rings is 1. The Morgan fingerprint density at radius 3 is 2.75 bits per heavy atom. The molecule has 1 N–H and O–H groups in total. The summed E-state index contributed by atoms with van der Waals surface area (Å²) >= 11 is 5.12. The molecule has 2 rings (SSSR count). The zero-order chi connectivity index (χ0) is 11.4. The molecular formula is C12H13BrN2S. The Morgan fingerprint density at radius 2 is 2.12 bits per heavy atom. The Morgan fingerprint density at radius 1 is 1.38 bits per heavy atom. The van der Waals surface area contributed by atoms with Gasteiger partial charge in [0.05, 0.1) is 5.51 Å². The van der Waals surface area contributed by atoms with Crippen molar-refractivity contribution >= 4 is 27.3 Å². The summed E-state index contributed by atoms with van der Waals surface area (Å²) in [6, 6.07) is 8.76. The maximum Gasteiger partial charge on any atom is 0.0794 e.